The third-order valence-corrected chi connectivity index (χ3v) is 3.93. The van der Waals surface area contributed by atoms with Crippen LogP contribution >= 0.6 is 0 Å². The van der Waals surface area contributed by atoms with Crippen molar-refractivity contribution in [3.8, 4) is 11.4 Å². The number of nitrogens with one attached hydrogen (secondary N) is 1. The van der Waals surface area contributed by atoms with Crippen LogP contribution in [0.4, 0.5) is 10.5 Å². The molecule has 3 aromatic rings. The van der Waals surface area contributed by atoms with E-state index in [4.69, 9.17) is 10.5 Å². The Morgan fingerprint density at radius 2 is 2.00 bits per heavy atom. The molecule has 0 saturated carbocycles. The molecule has 0 spiro atoms. The van der Waals surface area contributed by atoms with Gasteiger partial charge in [-0.2, -0.15) is 0 Å². The lowest BCUT2D eigenvalue weighted by Crippen LogP contribution is -2.25. The average Bonchev–Trinajstić information content (AvgIpc) is 3.02. The third kappa shape index (κ3) is 3.97. The molecule has 8 heteroatoms. The van der Waals surface area contributed by atoms with E-state index < -0.39 is 6.09 Å². The van der Waals surface area contributed by atoms with Gasteiger partial charge in [-0.05, 0) is 24.6 Å². The monoisotopic (exact) mass is 352 g/mol. The average molecular weight is 352 g/mol. The van der Waals surface area contributed by atoms with E-state index in [2.05, 4.69) is 20.6 Å². The summed E-state index contributed by atoms with van der Waals surface area (Å²) in [5.41, 5.74) is 10.0. The molecule has 2 heterocycles. The number of hydrogen-bond acceptors (Lipinski definition) is 6. The third-order valence-electron chi connectivity index (χ3n) is 3.93. The first kappa shape index (κ1) is 17.4. The summed E-state index contributed by atoms with van der Waals surface area (Å²) in [5.74, 6) is 0. The molecule has 0 saturated heterocycles. The van der Waals surface area contributed by atoms with Gasteiger partial charge in [0.1, 0.15) is 12.3 Å². The number of hydrogen-bond donors (Lipinski definition) is 2. The van der Waals surface area contributed by atoms with Crippen molar-refractivity contribution >= 4 is 11.8 Å². The number of benzene rings is 1. The zero-order chi connectivity index (χ0) is 18.5. The number of aryl methyl sites for hydroxylation is 2. The molecular weight excluding hydrogens is 332 g/mol. The number of nitrogens with two attached hydrogens (primary N) is 1. The maximum atomic E-state index is 12.0. The molecule has 0 radical (unpaired) electrons. The molecule has 0 aliphatic rings. The molecular formula is C18H20N6O2. The summed E-state index contributed by atoms with van der Waals surface area (Å²) >= 11 is 0. The van der Waals surface area contributed by atoms with Crippen LogP contribution in [0.2, 0.25) is 0 Å². The molecule has 0 aliphatic carbocycles. The maximum absolute atomic E-state index is 12.0. The van der Waals surface area contributed by atoms with Crippen molar-refractivity contribution in [3.05, 3.63) is 59.4 Å². The van der Waals surface area contributed by atoms with Crippen LogP contribution < -0.4 is 11.1 Å². The highest BCUT2D eigenvalue weighted by molar-refractivity contribution is 5.68. The highest BCUT2D eigenvalue weighted by Gasteiger charge is 2.16. The lowest BCUT2D eigenvalue weighted by Gasteiger charge is -2.09. The van der Waals surface area contributed by atoms with Gasteiger partial charge in [-0.1, -0.05) is 35.5 Å². The summed E-state index contributed by atoms with van der Waals surface area (Å²) in [7, 11) is 1.76. The minimum Gasteiger partial charge on any atom is -0.445 e. The molecule has 8 nitrogen and oxygen atoms in total. The van der Waals surface area contributed by atoms with Crippen molar-refractivity contribution in [1.29, 1.82) is 0 Å². The molecule has 1 aromatic carbocycles. The van der Waals surface area contributed by atoms with Gasteiger partial charge >= 0.3 is 6.09 Å². The molecule has 0 aliphatic heterocycles. The minimum atomic E-state index is -0.512. The van der Waals surface area contributed by atoms with Gasteiger partial charge in [-0.3, -0.25) is 0 Å². The number of carbonyl (C=O) groups excluding carboxylic acids is 1. The SMILES string of the molecule is Cc1nc(-c2nnn(C)c2CNC(=O)OCc2ccccc2)ccc1N. The van der Waals surface area contributed by atoms with Gasteiger partial charge < -0.3 is 15.8 Å². The first-order valence-electron chi connectivity index (χ1n) is 8.11. The minimum absolute atomic E-state index is 0.210. The van der Waals surface area contributed by atoms with Crippen LogP contribution in [0, 0.1) is 6.92 Å². The maximum Gasteiger partial charge on any atom is 0.407 e. The van der Waals surface area contributed by atoms with E-state index in [1.54, 1.807) is 23.9 Å². The molecule has 2 aromatic heterocycles. The van der Waals surface area contributed by atoms with E-state index in [1.165, 1.54) is 0 Å². The van der Waals surface area contributed by atoms with Crippen LogP contribution in [0.25, 0.3) is 11.4 Å². The number of nitrogens with zero attached hydrogens (tertiary/aromatic N) is 4. The molecule has 0 unspecified atom stereocenters. The number of pyridine rings is 1. The second-order valence-corrected chi connectivity index (χ2v) is 5.79. The van der Waals surface area contributed by atoms with E-state index in [0.29, 0.717) is 22.8 Å². The van der Waals surface area contributed by atoms with Crippen molar-refractivity contribution in [2.75, 3.05) is 5.73 Å². The molecule has 3 rings (SSSR count). The number of alkyl carbamates (subject to hydrolysis) is 1. The topological polar surface area (TPSA) is 108 Å². The van der Waals surface area contributed by atoms with E-state index in [1.807, 2.05) is 37.3 Å². The molecule has 0 bridgehead atoms. The quantitative estimate of drug-likeness (QED) is 0.729. The number of amides is 1. The highest BCUT2D eigenvalue weighted by atomic mass is 16.5. The van der Waals surface area contributed by atoms with Gasteiger partial charge in [0, 0.05) is 7.05 Å². The summed E-state index contributed by atoms with van der Waals surface area (Å²) in [6.07, 6.45) is -0.512. The predicted octanol–water partition coefficient (Wildman–Crippen LogP) is 2.19. The first-order valence-corrected chi connectivity index (χ1v) is 8.11. The molecule has 26 heavy (non-hydrogen) atoms. The van der Waals surface area contributed by atoms with E-state index >= 15 is 0 Å². The highest BCUT2D eigenvalue weighted by Crippen LogP contribution is 2.21. The first-order chi connectivity index (χ1) is 12.5. The van der Waals surface area contributed by atoms with Crippen molar-refractivity contribution in [2.45, 2.75) is 20.1 Å². The van der Waals surface area contributed by atoms with Crippen molar-refractivity contribution in [3.63, 3.8) is 0 Å². The summed E-state index contributed by atoms with van der Waals surface area (Å²) in [4.78, 5) is 16.4. The second kappa shape index (κ2) is 7.64. The Hall–Kier alpha value is -3.42. The fraction of sp³-hybridized carbons (Fsp3) is 0.222. The largest absolute Gasteiger partial charge is 0.445 e. The number of rotatable bonds is 5. The smallest absolute Gasteiger partial charge is 0.407 e. The lowest BCUT2D eigenvalue weighted by molar-refractivity contribution is 0.139. The summed E-state index contributed by atoms with van der Waals surface area (Å²) < 4.78 is 6.81. The van der Waals surface area contributed by atoms with Gasteiger partial charge in [0.05, 0.1) is 29.3 Å². The van der Waals surface area contributed by atoms with Crippen LogP contribution in [0.3, 0.4) is 0 Å². The van der Waals surface area contributed by atoms with E-state index in [9.17, 15) is 4.79 Å². The Labute approximate surface area is 151 Å². The van der Waals surface area contributed by atoms with Crippen LogP contribution in [0.1, 0.15) is 17.0 Å². The fourth-order valence-electron chi connectivity index (χ4n) is 2.41. The number of carbonyl (C=O) groups is 1. The Morgan fingerprint density at radius 1 is 1.23 bits per heavy atom. The standard InChI is InChI=1S/C18H20N6O2/c1-12-14(19)8-9-15(21-12)17-16(24(2)23-22-17)10-20-18(25)26-11-13-6-4-3-5-7-13/h3-9H,10-11,19H2,1-2H3,(H,20,25). The van der Waals surface area contributed by atoms with E-state index in [0.717, 1.165) is 11.3 Å². The van der Waals surface area contributed by atoms with Gasteiger partial charge in [-0.25, -0.2) is 14.5 Å². The normalized spacial score (nSPS) is 10.5. The zero-order valence-corrected chi connectivity index (χ0v) is 14.6. The van der Waals surface area contributed by atoms with Crippen LogP contribution in [-0.4, -0.2) is 26.1 Å². The van der Waals surface area contributed by atoms with Gasteiger partial charge in [0.2, 0.25) is 0 Å². The molecule has 0 fully saturated rings. The Bertz CT molecular complexity index is 907. The van der Waals surface area contributed by atoms with Crippen LogP contribution in [0.15, 0.2) is 42.5 Å². The van der Waals surface area contributed by atoms with Crippen molar-refractivity contribution in [1.82, 2.24) is 25.3 Å². The van der Waals surface area contributed by atoms with Crippen molar-refractivity contribution in [2.24, 2.45) is 7.05 Å². The van der Waals surface area contributed by atoms with E-state index in [-0.39, 0.29) is 13.2 Å². The molecule has 0 atom stereocenters. The summed E-state index contributed by atoms with van der Waals surface area (Å²) in [6.45, 7) is 2.26. The molecule has 1 amide bonds. The van der Waals surface area contributed by atoms with Gasteiger partial charge in [-0.15, -0.1) is 5.10 Å². The van der Waals surface area contributed by atoms with Crippen LogP contribution in [0.5, 0.6) is 0 Å². The van der Waals surface area contributed by atoms with Crippen molar-refractivity contribution < 1.29 is 9.53 Å². The Kier molecular flexibility index (Phi) is 5.12. The Morgan fingerprint density at radius 3 is 2.73 bits per heavy atom. The van der Waals surface area contributed by atoms with Crippen LogP contribution in [-0.2, 0) is 24.9 Å². The number of ether oxygens (including phenoxy) is 1. The summed E-state index contributed by atoms with van der Waals surface area (Å²) in [5, 5.41) is 10.9. The predicted molar refractivity (Wildman–Crippen MR) is 96.9 cm³/mol. The summed E-state index contributed by atoms with van der Waals surface area (Å²) in [6, 6.07) is 13.0. The Balaban J connectivity index is 1.65. The van der Waals surface area contributed by atoms with Gasteiger partial charge in [0.15, 0.2) is 0 Å². The second-order valence-electron chi connectivity index (χ2n) is 5.79. The molecule has 3 N–H and O–H groups in total. The number of aromatic nitrogens is 4. The zero-order valence-electron chi connectivity index (χ0n) is 14.6. The molecule has 134 valence electrons. The van der Waals surface area contributed by atoms with Gasteiger partial charge in [0.25, 0.3) is 0 Å². The lowest BCUT2D eigenvalue weighted by atomic mass is 10.2. The number of nitrogen functional groups attached to an aromatic ring is 1. The number of anilines is 1. The fourth-order valence-corrected chi connectivity index (χ4v) is 2.41.